The molecular weight excluding hydrogens is 250 g/mol. The Morgan fingerprint density at radius 3 is 3.15 bits per heavy atom. The molecule has 4 rings (SSSR count). The zero-order valence-electron chi connectivity index (χ0n) is 11.9. The number of nitrogens with one attached hydrogen (secondary N) is 2. The van der Waals surface area contributed by atoms with Crippen LogP contribution >= 0.6 is 0 Å². The number of pyridine rings is 1. The van der Waals surface area contributed by atoms with Crippen molar-refractivity contribution in [2.75, 3.05) is 11.9 Å². The maximum absolute atomic E-state index is 4.58. The standard InChI is InChI=1S/C15H21N5/c1-11-4-8-20-13(9-11)18-14(19-20)17-12-3-7-16-15(10-12)5-2-6-15/h4,8-9,12,16H,2-3,5-7,10H2,1H3,(H,17,19). The highest BCUT2D eigenvalue weighted by Crippen LogP contribution is 2.38. The fourth-order valence-electron chi connectivity index (χ4n) is 3.49. The van der Waals surface area contributed by atoms with E-state index in [-0.39, 0.29) is 0 Å². The Hall–Kier alpha value is -1.62. The van der Waals surface area contributed by atoms with Gasteiger partial charge in [0, 0.05) is 17.8 Å². The van der Waals surface area contributed by atoms with Crippen molar-refractivity contribution in [3.8, 4) is 0 Å². The number of fused-ring (bicyclic) bond motifs is 1. The summed E-state index contributed by atoms with van der Waals surface area (Å²) in [5.74, 6) is 0.761. The van der Waals surface area contributed by atoms with E-state index in [0.29, 0.717) is 11.6 Å². The Bertz CT molecular complexity index is 628. The quantitative estimate of drug-likeness (QED) is 0.878. The number of piperidine rings is 1. The molecule has 1 aliphatic heterocycles. The number of hydrogen-bond donors (Lipinski definition) is 2. The van der Waals surface area contributed by atoms with Crippen LogP contribution in [0.4, 0.5) is 5.95 Å². The van der Waals surface area contributed by atoms with Gasteiger partial charge in [0.05, 0.1) is 0 Å². The van der Waals surface area contributed by atoms with E-state index in [4.69, 9.17) is 0 Å². The van der Waals surface area contributed by atoms with Crippen LogP contribution in [-0.2, 0) is 0 Å². The van der Waals surface area contributed by atoms with Gasteiger partial charge < -0.3 is 10.6 Å². The SMILES string of the molecule is Cc1ccn2nc(NC3CCNC4(CCC4)C3)nc2c1. The number of aryl methyl sites for hydroxylation is 1. The summed E-state index contributed by atoms with van der Waals surface area (Å²) in [5, 5.41) is 11.7. The summed E-state index contributed by atoms with van der Waals surface area (Å²) in [6, 6.07) is 4.61. The fourth-order valence-corrected chi connectivity index (χ4v) is 3.49. The van der Waals surface area contributed by atoms with Crippen molar-refractivity contribution in [3.05, 3.63) is 23.9 Å². The van der Waals surface area contributed by atoms with Crippen LogP contribution < -0.4 is 10.6 Å². The molecule has 0 aromatic carbocycles. The molecule has 106 valence electrons. The van der Waals surface area contributed by atoms with Gasteiger partial charge in [0.25, 0.3) is 0 Å². The van der Waals surface area contributed by atoms with Gasteiger partial charge in [-0.1, -0.05) is 0 Å². The Morgan fingerprint density at radius 1 is 1.45 bits per heavy atom. The van der Waals surface area contributed by atoms with Crippen molar-refractivity contribution in [1.82, 2.24) is 19.9 Å². The van der Waals surface area contributed by atoms with Crippen LogP contribution in [0, 0.1) is 6.92 Å². The first-order valence-corrected chi connectivity index (χ1v) is 7.57. The molecule has 0 amide bonds. The highest BCUT2D eigenvalue weighted by atomic mass is 15.3. The van der Waals surface area contributed by atoms with Crippen LogP contribution in [0.15, 0.2) is 18.3 Å². The number of aromatic nitrogens is 3. The normalized spacial score (nSPS) is 24.8. The topological polar surface area (TPSA) is 54.2 Å². The zero-order valence-corrected chi connectivity index (χ0v) is 11.9. The first kappa shape index (κ1) is 12.1. The molecule has 1 saturated carbocycles. The molecule has 5 nitrogen and oxygen atoms in total. The molecular formula is C15H21N5. The summed E-state index contributed by atoms with van der Waals surface area (Å²) in [5.41, 5.74) is 2.54. The third-order valence-corrected chi connectivity index (χ3v) is 4.77. The average Bonchev–Trinajstić information content (AvgIpc) is 2.78. The molecule has 0 bridgehead atoms. The summed E-state index contributed by atoms with van der Waals surface area (Å²) in [6.07, 6.45) is 8.33. The molecule has 1 unspecified atom stereocenters. The number of rotatable bonds is 2. The molecule has 1 saturated heterocycles. The van der Waals surface area contributed by atoms with Gasteiger partial charge >= 0.3 is 0 Å². The van der Waals surface area contributed by atoms with Gasteiger partial charge in [-0.15, -0.1) is 5.10 Å². The van der Waals surface area contributed by atoms with Crippen molar-refractivity contribution in [2.45, 2.75) is 50.6 Å². The van der Waals surface area contributed by atoms with Crippen LogP contribution in [0.2, 0.25) is 0 Å². The van der Waals surface area contributed by atoms with Gasteiger partial charge in [-0.05, 0) is 63.3 Å². The van der Waals surface area contributed by atoms with E-state index in [0.717, 1.165) is 24.6 Å². The minimum atomic E-state index is 0.408. The molecule has 2 aromatic rings. The van der Waals surface area contributed by atoms with Crippen LogP contribution in [0.3, 0.4) is 0 Å². The van der Waals surface area contributed by atoms with E-state index in [1.54, 1.807) is 0 Å². The predicted molar refractivity (Wildman–Crippen MR) is 79.0 cm³/mol. The third-order valence-electron chi connectivity index (χ3n) is 4.77. The highest BCUT2D eigenvalue weighted by Gasteiger charge is 2.41. The minimum Gasteiger partial charge on any atom is -0.350 e. The molecule has 3 heterocycles. The highest BCUT2D eigenvalue weighted by molar-refractivity contribution is 5.45. The van der Waals surface area contributed by atoms with Gasteiger partial charge in [0.15, 0.2) is 5.65 Å². The molecule has 1 spiro atoms. The Kier molecular flexibility index (Phi) is 2.70. The number of hydrogen-bond acceptors (Lipinski definition) is 4. The number of nitrogens with zero attached hydrogens (tertiary/aromatic N) is 3. The lowest BCUT2D eigenvalue weighted by atomic mass is 9.70. The lowest BCUT2D eigenvalue weighted by Gasteiger charge is -2.48. The van der Waals surface area contributed by atoms with E-state index in [1.165, 1.54) is 31.2 Å². The summed E-state index contributed by atoms with van der Waals surface area (Å²) in [4.78, 5) is 4.58. The van der Waals surface area contributed by atoms with Gasteiger partial charge in [0.1, 0.15) is 0 Å². The summed E-state index contributed by atoms with van der Waals surface area (Å²) < 4.78 is 1.84. The molecule has 2 aromatic heterocycles. The van der Waals surface area contributed by atoms with Crippen molar-refractivity contribution in [3.63, 3.8) is 0 Å². The average molecular weight is 271 g/mol. The summed E-state index contributed by atoms with van der Waals surface area (Å²) in [6.45, 7) is 3.18. The fraction of sp³-hybridized carbons (Fsp3) is 0.600. The van der Waals surface area contributed by atoms with Gasteiger partial charge in [0.2, 0.25) is 5.95 Å². The van der Waals surface area contributed by atoms with Crippen LogP contribution in [-0.4, -0.2) is 32.7 Å². The van der Waals surface area contributed by atoms with Gasteiger partial charge in [-0.2, -0.15) is 4.98 Å². The van der Waals surface area contributed by atoms with Crippen LogP contribution in [0.5, 0.6) is 0 Å². The second-order valence-corrected chi connectivity index (χ2v) is 6.34. The van der Waals surface area contributed by atoms with E-state index < -0.39 is 0 Å². The Labute approximate surface area is 118 Å². The van der Waals surface area contributed by atoms with E-state index in [1.807, 2.05) is 10.7 Å². The van der Waals surface area contributed by atoms with Crippen LogP contribution in [0.1, 0.15) is 37.7 Å². The van der Waals surface area contributed by atoms with Gasteiger partial charge in [-0.3, -0.25) is 0 Å². The smallest absolute Gasteiger partial charge is 0.243 e. The van der Waals surface area contributed by atoms with E-state index >= 15 is 0 Å². The second kappa shape index (κ2) is 4.45. The largest absolute Gasteiger partial charge is 0.350 e. The predicted octanol–water partition coefficient (Wildman–Crippen LogP) is 2.12. The molecule has 2 fully saturated rings. The molecule has 5 heteroatoms. The third kappa shape index (κ3) is 2.06. The number of anilines is 1. The molecule has 2 aliphatic rings. The second-order valence-electron chi connectivity index (χ2n) is 6.34. The Morgan fingerprint density at radius 2 is 2.35 bits per heavy atom. The Balaban J connectivity index is 1.52. The van der Waals surface area contributed by atoms with E-state index in [9.17, 15) is 0 Å². The summed E-state index contributed by atoms with van der Waals surface area (Å²) >= 11 is 0. The van der Waals surface area contributed by atoms with Crippen LogP contribution in [0.25, 0.3) is 5.65 Å². The molecule has 0 radical (unpaired) electrons. The molecule has 1 aliphatic carbocycles. The monoisotopic (exact) mass is 271 g/mol. The van der Waals surface area contributed by atoms with Crippen molar-refractivity contribution in [1.29, 1.82) is 0 Å². The van der Waals surface area contributed by atoms with E-state index in [2.05, 4.69) is 39.8 Å². The lowest BCUT2D eigenvalue weighted by molar-refractivity contribution is 0.135. The minimum absolute atomic E-state index is 0.408. The maximum Gasteiger partial charge on any atom is 0.243 e. The zero-order chi connectivity index (χ0) is 13.6. The first-order valence-electron chi connectivity index (χ1n) is 7.57. The summed E-state index contributed by atoms with van der Waals surface area (Å²) in [7, 11) is 0. The van der Waals surface area contributed by atoms with Crippen molar-refractivity contribution in [2.24, 2.45) is 0 Å². The molecule has 20 heavy (non-hydrogen) atoms. The maximum atomic E-state index is 4.58. The van der Waals surface area contributed by atoms with Crippen molar-refractivity contribution < 1.29 is 0 Å². The lowest BCUT2D eigenvalue weighted by Crippen LogP contribution is -2.58. The molecule has 1 atom stereocenters. The van der Waals surface area contributed by atoms with Gasteiger partial charge in [-0.25, -0.2) is 4.52 Å². The first-order chi connectivity index (χ1) is 9.72. The van der Waals surface area contributed by atoms with Crippen molar-refractivity contribution >= 4 is 11.6 Å². The molecule has 2 N–H and O–H groups in total.